The second-order valence-corrected chi connectivity index (χ2v) is 5.88. The van der Waals surface area contributed by atoms with Crippen molar-refractivity contribution < 1.29 is 4.79 Å². The Hall–Kier alpha value is -2.94. The number of carbonyl (C=O) groups is 1. The van der Waals surface area contributed by atoms with E-state index in [1.807, 2.05) is 48.5 Å². The van der Waals surface area contributed by atoms with Crippen molar-refractivity contribution in [2.24, 2.45) is 0 Å². The summed E-state index contributed by atoms with van der Waals surface area (Å²) in [6.07, 6.45) is 3.95. The van der Waals surface area contributed by atoms with Crippen LogP contribution in [0.15, 0.2) is 73.1 Å². The number of amides is 1. The monoisotopic (exact) mass is 316 g/mol. The Kier molecular flexibility index (Phi) is 5.02. The molecule has 0 fully saturated rings. The molecule has 3 rings (SSSR count). The number of carbonyl (C=O) groups excluding carboxylic acids is 1. The maximum Gasteiger partial charge on any atom is 0.224 e. The van der Waals surface area contributed by atoms with Crippen LogP contribution in [-0.2, 0) is 17.8 Å². The summed E-state index contributed by atoms with van der Waals surface area (Å²) in [5, 5.41) is 2.97. The molecule has 3 nitrogen and oxygen atoms in total. The summed E-state index contributed by atoms with van der Waals surface area (Å²) >= 11 is 0. The van der Waals surface area contributed by atoms with Crippen molar-refractivity contribution in [2.45, 2.75) is 19.9 Å². The van der Waals surface area contributed by atoms with Crippen LogP contribution < -0.4 is 5.32 Å². The van der Waals surface area contributed by atoms with Crippen LogP contribution in [-0.4, -0.2) is 10.9 Å². The summed E-state index contributed by atoms with van der Waals surface area (Å²) in [6, 6.07) is 20.2. The van der Waals surface area contributed by atoms with Gasteiger partial charge in [0.2, 0.25) is 5.91 Å². The van der Waals surface area contributed by atoms with E-state index in [0.717, 1.165) is 22.3 Å². The minimum atomic E-state index is 0.0353. The number of pyridine rings is 1. The fraction of sp³-hybridized carbons (Fsp3) is 0.143. The third kappa shape index (κ3) is 4.29. The topological polar surface area (TPSA) is 42.0 Å². The summed E-state index contributed by atoms with van der Waals surface area (Å²) in [5.41, 5.74) is 5.58. The molecule has 0 atom stereocenters. The minimum absolute atomic E-state index is 0.0353. The highest BCUT2D eigenvalue weighted by atomic mass is 16.1. The first-order chi connectivity index (χ1) is 11.7. The average Bonchev–Trinajstić information content (AvgIpc) is 2.61. The molecule has 120 valence electrons. The SMILES string of the molecule is Cc1cccc(CNC(=O)Cc2ccc(-c3ccncc3)cc2)c1. The molecule has 0 spiro atoms. The van der Waals surface area contributed by atoms with Crippen molar-refractivity contribution in [3.05, 3.63) is 89.7 Å². The second-order valence-electron chi connectivity index (χ2n) is 5.88. The van der Waals surface area contributed by atoms with Gasteiger partial charge in [0, 0.05) is 18.9 Å². The lowest BCUT2D eigenvalue weighted by molar-refractivity contribution is -0.120. The Bertz CT molecular complexity index is 811. The molecule has 0 saturated heterocycles. The number of nitrogens with zero attached hydrogens (tertiary/aromatic N) is 1. The molecule has 0 bridgehead atoms. The van der Waals surface area contributed by atoms with E-state index in [2.05, 4.69) is 29.4 Å². The number of hydrogen-bond donors (Lipinski definition) is 1. The molecule has 0 aliphatic heterocycles. The van der Waals surface area contributed by atoms with E-state index in [-0.39, 0.29) is 5.91 Å². The Morgan fingerprint density at radius 2 is 1.62 bits per heavy atom. The molecular formula is C21H20N2O. The summed E-state index contributed by atoms with van der Waals surface area (Å²) in [4.78, 5) is 16.1. The van der Waals surface area contributed by atoms with E-state index >= 15 is 0 Å². The third-order valence-electron chi connectivity index (χ3n) is 3.90. The first-order valence-corrected chi connectivity index (χ1v) is 8.02. The van der Waals surface area contributed by atoms with Gasteiger partial charge in [-0.1, -0.05) is 54.1 Å². The lowest BCUT2D eigenvalue weighted by atomic mass is 10.0. The molecule has 2 aromatic carbocycles. The van der Waals surface area contributed by atoms with Crippen molar-refractivity contribution in [1.29, 1.82) is 0 Å². The van der Waals surface area contributed by atoms with E-state index in [9.17, 15) is 4.79 Å². The van der Waals surface area contributed by atoms with Crippen molar-refractivity contribution in [3.8, 4) is 11.1 Å². The van der Waals surface area contributed by atoms with Gasteiger partial charge in [-0.25, -0.2) is 0 Å². The molecule has 1 heterocycles. The first-order valence-electron chi connectivity index (χ1n) is 8.02. The van der Waals surface area contributed by atoms with Crippen LogP contribution in [0.5, 0.6) is 0 Å². The zero-order valence-electron chi connectivity index (χ0n) is 13.7. The quantitative estimate of drug-likeness (QED) is 0.775. The molecule has 0 saturated carbocycles. The standard InChI is InChI=1S/C21H20N2O/c1-16-3-2-4-18(13-16)15-23-21(24)14-17-5-7-19(8-6-17)20-9-11-22-12-10-20/h2-13H,14-15H2,1H3,(H,23,24). The van der Waals surface area contributed by atoms with Gasteiger partial charge in [-0.15, -0.1) is 0 Å². The van der Waals surface area contributed by atoms with Crippen molar-refractivity contribution >= 4 is 5.91 Å². The summed E-state index contributed by atoms with van der Waals surface area (Å²) in [5.74, 6) is 0.0353. The second kappa shape index (κ2) is 7.55. The lowest BCUT2D eigenvalue weighted by Crippen LogP contribution is -2.24. The lowest BCUT2D eigenvalue weighted by Gasteiger charge is -2.07. The molecule has 24 heavy (non-hydrogen) atoms. The van der Waals surface area contributed by atoms with Gasteiger partial charge in [-0.3, -0.25) is 9.78 Å². The van der Waals surface area contributed by atoms with Gasteiger partial charge < -0.3 is 5.32 Å². The zero-order valence-corrected chi connectivity index (χ0v) is 13.7. The molecule has 0 aliphatic rings. The zero-order chi connectivity index (χ0) is 16.8. The van der Waals surface area contributed by atoms with E-state index in [0.29, 0.717) is 13.0 Å². The van der Waals surface area contributed by atoms with Gasteiger partial charge in [0.15, 0.2) is 0 Å². The normalized spacial score (nSPS) is 10.4. The first kappa shape index (κ1) is 15.9. The van der Waals surface area contributed by atoms with Crippen LogP contribution in [0, 0.1) is 6.92 Å². The number of benzene rings is 2. The molecule has 1 aromatic heterocycles. The Balaban J connectivity index is 1.57. The largest absolute Gasteiger partial charge is 0.352 e. The van der Waals surface area contributed by atoms with E-state index < -0.39 is 0 Å². The van der Waals surface area contributed by atoms with Gasteiger partial charge in [-0.2, -0.15) is 0 Å². The Morgan fingerprint density at radius 3 is 2.33 bits per heavy atom. The summed E-state index contributed by atoms with van der Waals surface area (Å²) in [6.45, 7) is 2.62. The summed E-state index contributed by atoms with van der Waals surface area (Å²) < 4.78 is 0. The Labute approximate surface area is 142 Å². The van der Waals surface area contributed by atoms with Gasteiger partial charge in [0.1, 0.15) is 0 Å². The van der Waals surface area contributed by atoms with Crippen molar-refractivity contribution in [3.63, 3.8) is 0 Å². The van der Waals surface area contributed by atoms with Crippen LogP contribution in [0.1, 0.15) is 16.7 Å². The fourth-order valence-electron chi connectivity index (χ4n) is 2.63. The van der Waals surface area contributed by atoms with E-state index in [1.54, 1.807) is 12.4 Å². The number of aromatic nitrogens is 1. The van der Waals surface area contributed by atoms with Crippen LogP contribution in [0.4, 0.5) is 0 Å². The van der Waals surface area contributed by atoms with Crippen LogP contribution in [0.25, 0.3) is 11.1 Å². The molecular weight excluding hydrogens is 296 g/mol. The smallest absolute Gasteiger partial charge is 0.224 e. The van der Waals surface area contributed by atoms with Crippen LogP contribution in [0.2, 0.25) is 0 Å². The molecule has 0 aliphatic carbocycles. The van der Waals surface area contributed by atoms with Crippen LogP contribution >= 0.6 is 0 Å². The fourth-order valence-corrected chi connectivity index (χ4v) is 2.63. The highest BCUT2D eigenvalue weighted by molar-refractivity contribution is 5.78. The molecule has 1 N–H and O–H groups in total. The van der Waals surface area contributed by atoms with Gasteiger partial charge in [0.25, 0.3) is 0 Å². The molecule has 0 radical (unpaired) electrons. The molecule has 3 heteroatoms. The van der Waals surface area contributed by atoms with Gasteiger partial charge in [-0.05, 0) is 41.3 Å². The average molecular weight is 316 g/mol. The van der Waals surface area contributed by atoms with Crippen LogP contribution in [0.3, 0.4) is 0 Å². The highest BCUT2D eigenvalue weighted by Gasteiger charge is 2.04. The number of hydrogen-bond acceptors (Lipinski definition) is 2. The number of rotatable bonds is 5. The number of nitrogens with one attached hydrogen (secondary N) is 1. The predicted molar refractivity (Wildman–Crippen MR) is 96.4 cm³/mol. The number of aryl methyl sites for hydroxylation is 1. The van der Waals surface area contributed by atoms with E-state index in [4.69, 9.17) is 0 Å². The Morgan fingerprint density at radius 1 is 0.917 bits per heavy atom. The minimum Gasteiger partial charge on any atom is -0.352 e. The highest BCUT2D eigenvalue weighted by Crippen LogP contribution is 2.18. The maximum atomic E-state index is 12.1. The van der Waals surface area contributed by atoms with Gasteiger partial charge >= 0.3 is 0 Å². The third-order valence-corrected chi connectivity index (χ3v) is 3.90. The van der Waals surface area contributed by atoms with E-state index in [1.165, 1.54) is 5.56 Å². The maximum absolute atomic E-state index is 12.1. The van der Waals surface area contributed by atoms with Gasteiger partial charge in [0.05, 0.1) is 6.42 Å². The molecule has 3 aromatic rings. The predicted octanol–water partition coefficient (Wildman–Crippen LogP) is 3.92. The molecule has 1 amide bonds. The van der Waals surface area contributed by atoms with Crippen molar-refractivity contribution in [1.82, 2.24) is 10.3 Å². The summed E-state index contributed by atoms with van der Waals surface area (Å²) in [7, 11) is 0. The van der Waals surface area contributed by atoms with Crippen molar-refractivity contribution in [2.75, 3.05) is 0 Å². The molecule has 0 unspecified atom stereocenters.